The topological polar surface area (TPSA) is 12.0 Å². The average Bonchev–Trinajstić information content (AvgIpc) is 2.81. The van der Waals surface area contributed by atoms with E-state index >= 15 is 0 Å². The summed E-state index contributed by atoms with van der Waals surface area (Å²) in [6, 6.07) is 11.0. The van der Waals surface area contributed by atoms with Crippen LogP contribution in [0.4, 0.5) is 0 Å². The molecule has 1 N–H and O–H groups in total. The van der Waals surface area contributed by atoms with Crippen molar-refractivity contribution in [1.29, 1.82) is 0 Å². The number of benzene rings is 1. The van der Waals surface area contributed by atoms with Gasteiger partial charge in [-0.3, -0.25) is 0 Å². The minimum Gasteiger partial charge on any atom is -0.309 e. The highest BCUT2D eigenvalue weighted by Gasteiger charge is 2.16. The molecular weight excluding hydrogens is 374 g/mol. The third-order valence-electron chi connectivity index (χ3n) is 2.88. The second-order valence-corrected chi connectivity index (χ2v) is 7.02. The van der Waals surface area contributed by atoms with Gasteiger partial charge < -0.3 is 5.32 Å². The van der Waals surface area contributed by atoms with Gasteiger partial charge in [0, 0.05) is 18.7 Å². The van der Waals surface area contributed by atoms with E-state index in [1.807, 2.05) is 18.4 Å². The molecule has 0 bridgehead atoms. The van der Waals surface area contributed by atoms with Gasteiger partial charge in [-0.25, -0.2) is 0 Å². The summed E-state index contributed by atoms with van der Waals surface area (Å²) in [4.78, 5) is 2.79. The summed E-state index contributed by atoms with van der Waals surface area (Å²) >= 11 is 9.01. The normalized spacial score (nSPS) is 12.7. The second kappa shape index (κ2) is 6.33. The molecule has 0 aliphatic rings. The predicted molar refractivity (Wildman–Crippen MR) is 86.4 cm³/mol. The van der Waals surface area contributed by atoms with Crippen LogP contribution in [0.3, 0.4) is 0 Å². The highest BCUT2D eigenvalue weighted by molar-refractivity contribution is 9.11. The molecule has 96 valence electrons. The number of aryl methyl sites for hydroxylation is 1. The summed E-state index contributed by atoms with van der Waals surface area (Å²) in [6.45, 7) is 2.19. The fraction of sp³-hybridized carbons (Fsp3) is 0.286. The van der Waals surface area contributed by atoms with Crippen LogP contribution in [0.2, 0.25) is 0 Å². The maximum atomic E-state index is 3.64. The van der Waals surface area contributed by atoms with E-state index in [1.165, 1.54) is 15.3 Å². The molecule has 4 heteroatoms. The molecule has 0 radical (unpaired) electrons. The minimum absolute atomic E-state index is 0.248. The average molecular weight is 389 g/mol. The van der Waals surface area contributed by atoms with Gasteiger partial charge in [0.25, 0.3) is 0 Å². The molecule has 1 nitrogen and oxygen atoms in total. The van der Waals surface area contributed by atoms with Crippen LogP contribution in [0.25, 0.3) is 0 Å². The van der Waals surface area contributed by atoms with Crippen LogP contribution >= 0.6 is 43.2 Å². The van der Waals surface area contributed by atoms with E-state index in [2.05, 4.69) is 74.4 Å². The molecule has 1 aromatic carbocycles. The van der Waals surface area contributed by atoms with Crippen molar-refractivity contribution in [3.05, 3.63) is 54.6 Å². The Morgan fingerprint density at radius 1 is 1.22 bits per heavy atom. The zero-order valence-corrected chi connectivity index (χ0v) is 14.3. The molecule has 0 spiro atoms. The Balaban J connectivity index is 2.38. The lowest BCUT2D eigenvalue weighted by molar-refractivity contribution is 0.701. The molecule has 0 saturated carbocycles. The molecule has 1 aromatic heterocycles. The Morgan fingerprint density at radius 2 is 2.00 bits per heavy atom. The Hall–Kier alpha value is -0.160. The quantitative estimate of drug-likeness (QED) is 0.764. The molecule has 2 rings (SSSR count). The Morgan fingerprint density at radius 3 is 2.56 bits per heavy atom. The lowest BCUT2D eigenvalue weighted by Crippen LogP contribution is -2.16. The molecule has 1 heterocycles. The first-order chi connectivity index (χ1) is 8.65. The molecule has 0 aliphatic heterocycles. The van der Waals surface area contributed by atoms with Crippen LogP contribution < -0.4 is 5.32 Å². The molecule has 0 saturated heterocycles. The summed E-state index contributed by atoms with van der Waals surface area (Å²) in [5.74, 6) is 0. The summed E-state index contributed by atoms with van der Waals surface area (Å²) in [5, 5.41) is 3.40. The molecule has 1 unspecified atom stereocenters. The van der Waals surface area contributed by atoms with Gasteiger partial charge in [-0.05, 0) is 43.3 Å². The summed E-state index contributed by atoms with van der Waals surface area (Å²) in [5.41, 5.74) is 1.27. The third kappa shape index (κ3) is 3.05. The second-order valence-electron chi connectivity index (χ2n) is 4.05. The molecule has 2 aromatic rings. The maximum Gasteiger partial charge on any atom is 0.0679 e. The van der Waals surface area contributed by atoms with Crippen LogP contribution in [-0.4, -0.2) is 7.05 Å². The first-order valence-corrected chi connectivity index (χ1v) is 8.26. The van der Waals surface area contributed by atoms with Crippen molar-refractivity contribution < 1.29 is 0 Å². The molecule has 0 aliphatic carbocycles. The smallest absolute Gasteiger partial charge is 0.0679 e. The molecule has 1 atom stereocenters. The molecule has 18 heavy (non-hydrogen) atoms. The van der Waals surface area contributed by atoms with Crippen molar-refractivity contribution in [3.8, 4) is 0 Å². The van der Waals surface area contributed by atoms with E-state index in [0.717, 1.165) is 15.4 Å². The fourth-order valence-corrected chi connectivity index (χ4v) is 4.28. The van der Waals surface area contributed by atoms with Crippen LogP contribution in [0.5, 0.6) is 0 Å². The fourth-order valence-electron chi connectivity index (χ4n) is 1.93. The van der Waals surface area contributed by atoms with Crippen LogP contribution in [0.1, 0.15) is 28.3 Å². The number of thiophene rings is 1. The van der Waals surface area contributed by atoms with Crippen molar-refractivity contribution in [3.63, 3.8) is 0 Å². The number of hydrogen-bond acceptors (Lipinski definition) is 2. The van der Waals surface area contributed by atoms with E-state index in [1.54, 1.807) is 0 Å². The minimum atomic E-state index is 0.248. The van der Waals surface area contributed by atoms with E-state index in [-0.39, 0.29) is 6.04 Å². The largest absolute Gasteiger partial charge is 0.309 e. The van der Waals surface area contributed by atoms with Crippen molar-refractivity contribution in [2.24, 2.45) is 0 Å². The van der Waals surface area contributed by atoms with Crippen molar-refractivity contribution in [1.82, 2.24) is 5.32 Å². The summed E-state index contributed by atoms with van der Waals surface area (Å²) < 4.78 is 2.22. The Labute approximate surface area is 129 Å². The first kappa shape index (κ1) is 14.3. The van der Waals surface area contributed by atoms with Gasteiger partial charge in [-0.15, -0.1) is 11.3 Å². The zero-order chi connectivity index (χ0) is 13.1. The monoisotopic (exact) mass is 387 g/mol. The van der Waals surface area contributed by atoms with Gasteiger partial charge in [0.2, 0.25) is 0 Å². The van der Waals surface area contributed by atoms with Gasteiger partial charge in [-0.2, -0.15) is 0 Å². The lowest BCUT2D eigenvalue weighted by Gasteiger charge is -2.17. The number of nitrogens with one attached hydrogen (secondary N) is 1. The van der Waals surface area contributed by atoms with Crippen LogP contribution in [0, 0.1) is 0 Å². The maximum absolute atomic E-state index is 3.64. The third-order valence-corrected chi connectivity index (χ3v) is 5.35. The van der Waals surface area contributed by atoms with Gasteiger partial charge in [0.05, 0.1) is 6.04 Å². The standard InChI is InChI=1S/C14H15Br2NS/c1-3-10-5-7-13(18-10)14(17-2)11-6-4-9(15)8-12(11)16/h4-8,14,17H,3H2,1-2H3. The van der Waals surface area contributed by atoms with Crippen molar-refractivity contribution in [2.75, 3.05) is 7.05 Å². The Bertz CT molecular complexity index is 536. The highest BCUT2D eigenvalue weighted by Crippen LogP contribution is 2.33. The van der Waals surface area contributed by atoms with E-state index < -0.39 is 0 Å². The van der Waals surface area contributed by atoms with E-state index in [0.29, 0.717) is 0 Å². The zero-order valence-electron chi connectivity index (χ0n) is 10.3. The van der Waals surface area contributed by atoms with Gasteiger partial charge in [0.15, 0.2) is 0 Å². The highest BCUT2D eigenvalue weighted by atomic mass is 79.9. The van der Waals surface area contributed by atoms with Gasteiger partial charge in [-0.1, -0.05) is 44.8 Å². The van der Waals surface area contributed by atoms with Crippen molar-refractivity contribution >= 4 is 43.2 Å². The van der Waals surface area contributed by atoms with Crippen LogP contribution in [0.15, 0.2) is 39.3 Å². The van der Waals surface area contributed by atoms with Gasteiger partial charge >= 0.3 is 0 Å². The van der Waals surface area contributed by atoms with Gasteiger partial charge in [0.1, 0.15) is 0 Å². The predicted octanol–water partition coefficient (Wildman–Crippen LogP) is 5.14. The lowest BCUT2D eigenvalue weighted by atomic mass is 10.1. The van der Waals surface area contributed by atoms with Crippen molar-refractivity contribution in [2.45, 2.75) is 19.4 Å². The number of rotatable bonds is 4. The SMILES string of the molecule is CCc1ccc(C(NC)c2ccc(Br)cc2Br)s1. The Kier molecular flexibility index (Phi) is 5.01. The molecule has 0 fully saturated rings. The molecule has 0 amide bonds. The summed E-state index contributed by atoms with van der Waals surface area (Å²) in [6.07, 6.45) is 1.10. The summed E-state index contributed by atoms with van der Waals surface area (Å²) in [7, 11) is 2.00. The van der Waals surface area contributed by atoms with E-state index in [4.69, 9.17) is 0 Å². The number of hydrogen-bond donors (Lipinski definition) is 1. The van der Waals surface area contributed by atoms with Crippen LogP contribution in [-0.2, 0) is 6.42 Å². The number of halogens is 2. The molecular formula is C14H15Br2NS. The van der Waals surface area contributed by atoms with E-state index in [9.17, 15) is 0 Å². The first-order valence-electron chi connectivity index (χ1n) is 5.86.